The van der Waals surface area contributed by atoms with Gasteiger partial charge in [-0.25, -0.2) is 5.48 Å². The second-order valence-electron chi connectivity index (χ2n) is 2.02. The Balaban J connectivity index is 2.50. The number of carbonyl (C=O) groups is 1. The van der Waals surface area contributed by atoms with Crippen LogP contribution >= 0.6 is 22.9 Å². The first-order valence-electron chi connectivity index (χ1n) is 3.34. The average molecular weight is 216 g/mol. The van der Waals surface area contributed by atoms with Gasteiger partial charge in [0.2, 0.25) is 0 Å². The first-order valence-corrected chi connectivity index (χ1v) is 4.60. The molecule has 1 aromatic heterocycles. The lowest BCUT2D eigenvalue weighted by molar-refractivity contribution is 0.0442. The molecule has 1 aromatic rings. The number of hydrogen-bond donors (Lipinski definition) is 1. The molecule has 1 rings (SSSR count). The van der Waals surface area contributed by atoms with Gasteiger partial charge in [-0.2, -0.15) is 0 Å². The van der Waals surface area contributed by atoms with Gasteiger partial charge in [-0.3, -0.25) is 9.63 Å². The van der Waals surface area contributed by atoms with E-state index in [-0.39, 0.29) is 12.5 Å². The lowest BCUT2D eigenvalue weighted by Gasteiger charge is -2.00. The molecule has 68 valence electrons. The van der Waals surface area contributed by atoms with Crippen LogP contribution in [0.4, 0.5) is 0 Å². The van der Waals surface area contributed by atoms with Crippen molar-refractivity contribution in [1.29, 1.82) is 0 Å². The predicted octanol–water partition coefficient (Wildman–Crippen LogP) is 1.70. The third kappa shape index (κ3) is 2.74. The molecule has 5 heteroatoms. The SMILES string of the molecule is C#CCONC(=O)c1sccc1Cl. The van der Waals surface area contributed by atoms with Crippen LogP contribution in [0.15, 0.2) is 11.4 Å². The van der Waals surface area contributed by atoms with Crippen molar-refractivity contribution in [1.82, 2.24) is 5.48 Å². The predicted molar refractivity (Wildman–Crippen MR) is 51.6 cm³/mol. The molecule has 1 N–H and O–H groups in total. The molecule has 0 spiro atoms. The Hall–Kier alpha value is -1.02. The van der Waals surface area contributed by atoms with Crippen molar-refractivity contribution < 1.29 is 9.63 Å². The molecule has 0 unspecified atom stereocenters. The Morgan fingerprint density at radius 3 is 3.15 bits per heavy atom. The van der Waals surface area contributed by atoms with E-state index in [0.717, 1.165) is 0 Å². The van der Waals surface area contributed by atoms with Gasteiger partial charge >= 0.3 is 0 Å². The maximum Gasteiger partial charge on any atom is 0.286 e. The van der Waals surface area contributed by atoms with E-state index in [4.69, 9.17) is 18.0 Å². The maximum atomic E-state index is 11.2. The van der Waals surface area contributed by atoms with Crippen molar-refractivity contribution in [3.05, 3.63) is 21.3 Å². The number of amides is 1. The molecule has 0 aliphatic rings. The number of nitrogens with one attached hydrogen (secondary N) is 1. The number of carbonyl (C=O) groups excluding carboxylic acids is 1. The molecule has 0 fully saturated rings. The smallest absolute Gasteiger partial charge is 0.266 e. The zero-order valence-corrected chi connectivity index (χ0v) is 8.11. The minimum absolute atomic E-state index is 0.0364. The number of terminal acetylenes is 1. The minimum Gasteiger partial charge on any atom is -0.266 e. The van der Waals surface area contributed by atoms with Crippen LogP contribution in [0.3, 0.4) is 0 Å². The molecule has 0 aliphatic carbocycles. The van der Waals surface area contributed by atoms with Gasteiger partial charge in [-0.05, 0) is 11.4 Å². The molecule has 3 nitrogen and oxygen atoms in total. The van der Waals surface area contributed by atoms with Crippen LogP contribution in [0.2, 0.25) is 5.02 Å². The van der Waals surface area contributed by atoms with E-state index >= 15 is 0 Å². The van der Waals surface area contributed by atoms with E-state index in [2.05, 4.69) is 16.2 Å². The average Bonchev–Trinajstić information content (AvgIpc) is 2.52. The highest BCUT2D eigenvalue weighted by Gasteiger charge is 2.10. The molecule has 0 aromatic carbocycles. The van der Waals surface area contributed by atoms with Crippen molar-refractivity contribution in [3.63, 3.8) is 0 Å². The Bertz CT molecular complexity index is 342. The molecule has 0 atom stereocenters. The van der Waals surface area contributed by atoms with Gasteiger partial charge < -0.3 is 0 Å². The third-order valence-electron chi connectivity index (χ3n) is 1.14. The van der Waals surface area contributed by atoms with Gasteiger partial charge in [-0.15, -0.1) is 17.8 Å². The summed E-state index contributed by atoms with van der Waals surface area (Å²) in [4.78, 5) is 16.3. The first kappa shape index (κ1) is 10.1. The summed E-state index contributed by atoms with van der Waals surface area (Å²) >= 11 is 6.94. The summed E-state index contributed by atoms with van der Waals surface area (Å²) in [5.41, 5.74) is 2.17. The van der Waals surface area contributed by atoms with Gasteiger partial charge in [0.1, 0.15) is 11.5 Å². The molecule has 0 bridgehead atoms. The second-order valence-corrected chi connectivity index (χ2v) is 3.34. The molecule has 0 saturated carbocycles. The summed E-state index contributed by atoms with van der Waals surface area (Å²) in [6.07, 6.45) is 4.91. The fourth-order valence-electron chi connectivity index (χ4n) is 0.645. The zero-order valence-electron chi connectivity index (χ0n) is 6.54. The number of halogens is 1. The van der Waals surface area contributed by atoms with E-state index in [9.17, 15) is 4.79 Å². The molecule has 1 amide bonds. The lowest BCUT2D eigenvalue weighted by atomic mass is 10.4. The monoisotopic (exact) mass is 215 g/mol. The van der Waals surface area contributed by atoms with Crippen LogP contribution in [0, 0.1) is 12.3 Å². The second kappa shape index (κ2) is 4.87. The summed E-state index contributed by atoms with van der Waals surface area (Å²) < 4.78 is 0. The number of hydrogen-bond acceptors (Lipinski definition) is 3. The van der Waals surface area contributed by atoms with Gasteiger partial charge in [0, 0.05) is 0 Å². The topological polar surface area (TPSA) is 38.3 Å². The van der Waals surface area contributed by atoms with Crippen molar-refractivity contribution in [2.75, 3.05) is 6.61 Å². The Kier molecular flexibility index (Phi) is 3.77. The molecular weight excluding hydrogens is 210 g/mol. The van der Waals surface area contributed by atoms with Gasteiger partial charge in [-0.1, -0.05) is 17.5 Å². The van der Waals surface area contributed by atoms with E-state index in [1.807, 2.05) is 0 Å². The van der Waals surface area contributed by atoms with E-state index in [1.54, 1.807) is 11.4 Å². The fourth-order valence-corrected chi connectivity index (χ4v) is 1.67. The van der Waals surface area contributed by atoms with Crippen LogP contribution in [0.5, 0.6) is 0 Å². The highest BCUT2D eigenvalue weighted by atomic mass is 35.5. The summed E-state index contributed by atoms with van der Waals surface area (Å²) in [5.74, 6) is 1.84. The fraction of sp³-hybridized carbons (Fsp3) is 0.125. The van der Waals surface area contributed by atoms with Gasteiger partial charge in [0.15, 0.2) is 0 Å². The highest BCUT2D eigenvalue weighted by Crippen LogP contribution is 2.21. The standard InChI is InChI=1S/C8H6ClNO2S/c1-2-4-12-10-8(11)7-6(9)3-5-13-7/h1,3,5H,4H2,(H,10,11). The Labute approximate surface area is 84.6 Å². The lowest BCUT2D eigenvalue weighted by Crippen LogP contribution is -2.23. The number of thiophene rings is 1. The molecule has 0 saturated heterocycles. The molecule has 0 radical (unpaired) electrons. The third-order valence-corrected chi connectivity index (χ3v) is 2.48. The number of hydroxylamine groups is 1. The molecular formula is C8H6ClNO2S. The van der Waals surface area contributed by atoms with E-state index < -0.39 is 0 Å². The summed E-state index contributed by atoms with van der Waals surface area (Å²) in [5, 5.41) is 2.13. The normalized spacial score (nSPS) is 9.23. The summed E-state index contributed by atoms with van der Waals surface area (Å²) in [6.45, 7) is 0.0364. The van der Waals surface area contributed by atoms with Crippen LogP contribution in [-0.2, 0) is 4.84 Å². The highest BCUT2D eigenvalue weighted by molar-refractivity contribution is 7.12. The van der Waals surface area contributed by atoms with Crippen molar-refractivity contribution in [3.8, 4) is 12.3 Å². The van der Waals surface area contributed by atoms with E-state index in [1.165, 1.54) is 11.3 Å². The summed E-state index contributed by atoms with van der Waals surface area (Å²) in [6, 6.07) is 1.64. The number of rotatable bonds is 3. The largest absolute Gasteiger partial charge is 0.286 e. The molecule has 1 heterocycles. The first-order chi connectivity index (χ1) is 6.25. The quantitative estimate of drug-likeness (QED) is 0.474. The molecule has 13 heavy (non-hydrogen) atoms. The van der Waals surface area contributed by atoms with Gasteiger partial charge in [0.05, 0.1) is 5.02 Å². The van der Waals surface area contributed by atoms with Crippen LogP contribution in [0.1, 0.15) is 9.67 Å². The van der Waals surface area contributed by atoms with Gasteiger partial charge in [0.25, 0.3) is 5.91 Å². The Morgan fingerprint density at radius 2 is 2.62 bits per heavy atom. The maximum absolute atomic E-state index is 11.2. The van der Waals surface area contributed by atoms with Crippen LogP contribution < -0.4 is 5.48 Å². The minimum atomic E-state index is -0.379. The molecule has 0 aliphatic heterocycles. The van der Waals surface area contributed by atoms with Crippen LogP contribution in [0.25, 0.3) is 0 Å². The Morgan fingerprint density at radius 1 is 1.85 bits per heavy atom. The summed E-state index contributed by atoms with van der Waals surface area (Å²) in [7, 11) is 0. The van der Waals surface area contributed by atoms with E-state index in [0.29, 0.717) is 9.90 Å². The van der Waals surface area contributed by atoms with Crippen molar-refractivity contribution in [2.24, 2.45) is 0 Å². The zero-order chi connectivity index (χ0) is 9.68. The van der Waals surface area contributed by atoms with Crippen molar-refractivity contribution in [2.45, 2.75) is 0 Å². The van der Waals surface area contributed by atoms with Crippen molar-refractivity contribution >= 4 is 28.8 Å². The van der Waals surface area contributed by atoms with Crippen LogP contribution in [-0.4, -0.2) is 12.5 Å².